The zero-order valence-corrected chi connectivity index (χ0v) is 12.6. The van der Waals surface area contributed by atoms with Gasteiger partial charge in [-0.05, 0) is 80.1 Å². The number of carbonyl (C=O) groups is 1. The first-order chi connectivity index (χ1) is 9.04. The van der Waals surface area contributed by atoms with Crippen LogP contribution in [0.2, 0.25) is 0 Å². The molecule has 0 bridgehead atoms. The summed E-state index contributed by atoms with van der Waals surface area (Å²) in [5.74, 6) is 0. The molecular formula is C18H26O. The Labute approximate surface area is 117 Å². The summed E-state index contributed by atoms with van der Waals surface area (Å²) in [6.07, 6.45) is 13.8. The van der Waals surface area contributed by atoms with Gasteiger partial charge in [0.2, 0.25) is 0 Å². The lowest BCUT2D eigenvalue weighted by Crippen LogP contribution is -2.21. The molecule has 0 aromatic heterocycles. The van der Waals surface area contributed by atoms with Crippen LogP contribution >= 0.6 is 0 Å². The van der Waals surface area contributed by atoms with E-state index in [1.807, 2.05) is 0 Å². The zero-order valence-electron chi connectivity index (χ0n) is 12.6. The third-order valence-corrected chi connectivity index (χ3v) is 4.71. The number of aldehydes is 1. The molecule has 19 heavy (non-hydrogen) atoms. The molecule has 0 atom stereocenters. The Balaban J connectivity index is 2.45. The lowest BCUT2D eigenvalue weighted by molar-refractivity contribution is -0.104. The Morgan fingerprint density at radius 2 is 1.84 bits per heavy atom. The number of rotatable bonds is 2. The van der Waals surface area contributed by atoms with Crippen LogP contribution in [0.4, 0.5) is 0 Å². The Hall–Kier alpha value is -1.11. The van der Waals surface area contributed by atoms with E-state index in [1.165, 1.54) is 44.1 Å². The fourth-order valence-electron chi connectivity index (χ4n) is 3.47. The molecule has 0 saturated heterocycles. The highest BCUT2D eigenvalue weighted by molar-refractivity contribution is 5.68. The Morgan fingerprint density at radius 1 is 1.16 bits per heavy atom. The second-order valence-corrected chi connectivity index (χ2v) is 6.62. The highest BCUT2D eigenvalue weighted by Gasteiger charge is 2.29. The van der Waals surface area contributed by atoms with Crippen LogP contribution in [0.25, 0.3) is 0 Å². The van der Waals surface area contributed by atoms with Gasteiger partial charge in [0, 0.05) is 0 Å². The average molecular weight is 258 g/mol. The van der Waals surface area contributed by atoms with Crippen LogP contribution in [-0.4, -0.2) is 6.29 Å². The van der Waals surface area contributed by atoms with Gasteiger partial charge in [-0.3, -0.25) is 4.79 Å². The van der Waals surface area contributed by atoms with Gasteiger partial charge in [0.05, 0.1) is 0 Å². The van der Waals surface area contributed by atoms with Crippen LogP contribution < -0.4 is 0 Å². The van der Waals surface area contributed by atoms with Crippen molar-refractivity contribution in [2.45, 2.75) is 65.7 Å². The number of allylic oxidation sites excluding steroid dienone is 6. The van der Waals surface area contributed by atoms with Crippen molar-refractivity contribution in [1.29, 1.82) is 0 Å². The van der Waals surface area contributed by atoms with Gasteiger partial charge >= 0.3 is 0 Å². The fraction of sp³-hybridized carbons (Fsp3) is 0.611. The standard InChI is InChI=1S/C18H26O/c1-14(10-12-19)16-8-5-4-7-15-9-6-11-18(2,3)17(15)13-16/h10,12-13H,4-9,11H2,1-3H3/b14-10+,16-13+. The van der Waals surface area contributed by atoms with Gasteiger partial charge in [-0.1, -0.05) is 25.5 Å². The molecule has 0 spiro atoms. The molecule has 104 valence electrons. The Bertz CT molecular complexity index is 446. The van der Waals surface area contributed by atoms with Crippen molar-refractivity contribution in [3.05, 3.63) is 34.4 Å². The monoisotopic (exact) mass is 258 g/mol. The van der Waals surface area contributed by atoms with Crippen molar-refractivity contribution in [2.24, 2.45) is 5.41 Å². The first-order valence-electron chi connectivity index (χ1n) is 7.60. The zero-order chi connectivity index (χ0) is 13.9. The molecule has 0 N–H and O–H groups in total. The lowest BCUT2D eigenvalue weighted by atomic mass is 9.70. The summed E-state index contributed by atoms with van der Waals surface area (Å²) < 4.78 is 0. The van der Waals surface area contributed by atoms with Crippen molar-refractivity contribution in [2.75, 3.05) is 0 Å². The summed E-state index contributed by atoms with van der Waals surface area (Å²) in [5.41, 5.74) is 6.05. The lowest BCUT2D eigenvalue weighted by Gasteiger charge is -2.35. The summed E-state index contributed by atoms with van der Waals surface area (Å²) in [6.45, 7) is 6.81. The van der Waals surface area contributed by atoms with E-state index < -0.39 is 0 Å². The number of hydrogen-bond donors (Lipinski definition) is 0. The summed E-state index contributed by atoms with van der Waals surface area (Å²) >= 11 is 0. The summed E-state index contributed by atoms with van der Waals surface area (Å²) in [5, 5.41) is 0. The summed E-state index contributed by atoms with van der Waals surface area (Å²) in [4.78, 5) is 10.7. The normalized spacial score (nSPS) is 26.9. The quantitative estimate of drug-likeness (QED) is 0.495. The molecule has 0 aliphatic heterocycles. The Morgan fingerprint density at radius 3 is 2.58 bits per heavy atom. The molecular weight excluding hydrogens is 232 g/mol. The van der Waals surface area contributed by atoms with Crippen LogP contribution in [0.15, 0.2) is 34.4 Å². The molecule has 0 heterocycles. The minimum atomic E-state index is 0.303. The van der Waals surface area contributed by atoms with Gasteiger partial charge in [0.1, 0.15) is 6.29 Å². The maximum atomic E-state index is 10.7. The smallest absolute Gasteiger partial charge is 0.143 e. The maximum Gasteiger partial charge on any atom is 0.143 e. The van der Waals surface area contributed by atoms with E-state index in [0.29, 0.717) is 5.41 Å². The van der Waals surface area contributed by atoms with Crippen molar-refractivity contribution in [1.82, 2.24) is 0 Å². The minimum Gasteiger partial charge on any atom is -0.299 e. The van der Waals surface area contributed by atoms with Gasteiger partial charge < -0.3 is 0 Å². The second-order valence-electron chi connectivity index (χ2n) is 6.62. The van der Waals surface area contributed by atoms with E-state index in [4.69, 9.17) is 0 Å². The van der Waals surface area contributed by atoms with E-state index in [2.05, 4.69) is 26.8 Å². The van der Waals surface area contributed by atoms with Crippen LogP contribution in [0.3, 0.4) is 0 Å². The molecule has 0 aromatic carbocycles. The largest absolute Gasteiger partial charge is 0.299 e. The summed E-state index contributed by atoms with van der Waals surface area (Å²) in [6, 6.07) is 0. The van der Waals surface area contributed by atoms with Crippen LogP contribution in [-0.2, 0) is 4.79 Å². The van der Waals surface area contributed by atoms with E-state index in [9.17, 15) is 4.79 Å². The van der Waals surface area contributed by atoms with E-state index in [0.717, 1.165) is 18.3 Å². The second kappa shape index (κ2) is 5.90. The predicted molar refractivity (Wildman–Crippen MR) is 81.0 cm³/mol. The van der Waals surface area contributed by atoms with Crippen LogP contribution in [0, 0.1) is 5.41 Å². The molecule has 0 aromatic rings. The van der Waals surface area contributed by atoms with Crippen molar-refractivity contribution < 1.29 is 4.79 Å². The SMILES string of the molecule is CC(=C\C=O)/C1=C/C2=C(CCCC1)CCCC2(C)C. The highest BCUT2D eigenvalue weighted by Crippen LogP contribution is 2.44. The van der Waals surface area contributed by atoms with Gasteiger partial charge in [0.15, 0.2) is 0 Å². The minimum absolute atomic E-state index is 0.303. The van der Waals surface area contributed by atoms with Crippen molar-refractivity contribution >= 4 is 6.29 Å². The number of hydrogen-bond acceptors (Lipinski definition) is 1. The Kier molecular flexibility index (Phi) is 4.44. The first kappa shape index (κ1) is 14.3. The number of carbonyl (C=O) groups excluding carboxylic acids is 1. The molecule has 2 rings (SSSR count). The molecule has 1 nitrogen and oxygen atoms in total. The first-order valence-corrected chi connectivity index (χ1v) is 7.60. The molecule has 2 aliphatic carbocycles. The predicted octanol–water partition coefficient (Wildman–Crippen LogP) is 5.14. The van der Waals surface area contributed by atoms with Gasteiger partial charge in [-0.2, -0.15) is 0 Å². The van der Waals surface area contributed by atoms with Gasteiger partial charge in [-0.25, -0.2) is 0 Å². The van der Waals surface area contributed by atoms with Crippen LogP contribution in [0.5, 0.6) is 0 Å². The van der Waals surface area contributed by atoms with E-state index in [1.54, 1.807) is 17.2 Å². The summed E-state index contributed by atoms with van der Waals surface area (Å²) in [7, 11) is 0. The fourth-order valence-corrected chi connectivity index (χ4v) is 3.47. The van der Waals surface area contributed by atoms with E-state index in [-0.39, 0.29) is 0 Å². The molecule has 0 amide bonds. The topological polar surface area (TPSA) is 17.1 Å². The third-order valence-electron chi connectivity index (χ3n) is 4.71. The van der Waals surface area contributed by atoms with Crippen molar-refractivity contribution in [3.63, 3.8) is 0 Å². The maximum absolute atomic E-state index is 10.7. The molecule has 0 unspecified atom stereocenters. The molecule has 0 saturated carbocycles. The van der Waals surface area contributed by atoms with Gasteiger partial charge in [-0.15, -0.1) is 0 Å². The molecule has 1 heteroatoms. The van der Waals surface area contributed by atoms with Crippen LogP contribution in [0.1, 0.15) is 65.7 Å². The average Bonchev–Trinajstić information content (AvgIpc) is 2.30. The molecule has 0 fully saturated rings. The van der Waals surface area contributed by atoms with Crippen molar-refractivity contribution in [3.8, 4) is 0 Å². The van der Waals surface area contributed by atoms with E-state index >= 15 is 0 Å². The molecule has 2 aliphatic rings. The third kappa shape index (κ3) is 3.26. The molecule has 0 radical (unpaired) electrons. The highest BCUT2D eigenvalue weighted by atomic mass is 16.1. The van der Waals surface area contributed by atoms with Gasteiger partial charge in [0.25, 0.3) is 0 Å².